The van der Waals surface area contributed by atoms with Crippen molar-refractivity contribution in [2.24, 2.45) is 0 Å². The van der Waals surface area contributed by atoms with Gasteiger partial charge in [0.1, 0.15) is 0 Å². The molecule has 2 aromatic rings. The first-order valence-corrected chi connectivity index (χ1v) is 7.98. The number of fused-ring (bicyclic) bond motifs is 1. The molecule has 0 spiro atoms. The fourth-order valence-corrected chi connectivity index (χ4v) is 2.69. The van der Waals surface area contributed by atoms with Crippen LogP contribution in [-0.4, -0.2) is 19.2 Å². The van der Waals surface area contributed by atoms with Crippen molar-refractivity contribution in [3.05, 3.63) is 58.6 Å². The van der Waals surface area contributed by atoms with Gasteiger partial charge >= 0.3 is 0 Å². The predicted octanol–water partition coefficient (Wildman–Crippen LogP) is 3.36. The van der Waals surface area contributed by atoms with Crippen LogP contribution in [0.1, 0.15) is 17.5 Å². The van der Waals surface area contributed by atoms with Crippen molar-refractivity contribution >= 4 is 17.5 Å². The number of carbonyl (C=O) groups excluding carboxylic acids is 1. The van der Waals surface area contributed by atoms with Gasteiger partial charge in [0.05, 0.1) is 0 Å². The summed E-state index contributed by atoms with van der Waals surface area (Å²) in [5.74, 6) is 1.56. The van der Waals surface area contributed by atoms with E-state index in [2.05, 4.69) is 5.32 Å². The standard InChI is InChI=1S/C18H18ClNO3/c19-15-3-1-2-13(10-15)8-9-20-18(21)7-5-14-4-6-16-17(11-14)23-12-22-16/h1-4,6,10-11H,5,7-9,12H2,(H,20,21). The van der Waals surface area contributed by atoms with E-state index in [0.29, 0.717) is 19.4 Å². The first kappa shape index (κ1) is 15.7. The van der Waals surface area contributed by atoms with E-state index in [4.69, 9.17) is 21.1 Å². The maximum absolute atomic E-state index is 11.9. The van der Waals surface area contributed by atoms with E-state index in [9.17, 15) is 4.79 Å². The van der Waals surface area contributed by atoms with E-state index in [-0.39, 0.29) is 12.7 Å². The van der Waals surface area contributed by atoms with Crippen LogP contribution in [0.25, 0.3) is 0 Å². The van der Waals surface area contributed by atoms with Crippen molar-refractivity contribution in [3.63, 3.8) is 0 Å². The maximum atomic E-state index is 11.9. The van der Waals surface area contributed by atoms with Crippen LogP contribution in [0, 0.1) is 0 Å². The molecule has 0 radical (unpaired) electrons. The van der Waals surface area contributed by atoms with E-state index in [1.165, 1.54) is 0 Å². The van der Waals surface area contributed by atoms with Gasteiger partial charge in [-0.3, -0.25) is 4.79 Å². The van der Waals surface area contributed by atoms with Gasteiger partial charge in [0.25, 0.3) is 0 Å². The minimum Gasteiger partial charge on any atom is -0.454 e. The molecule has 1 aliphatic rings. The third-order valence-corrected chi connectivity index (χ3v) is 3.94. The Morgan fingerprint density at radius 2 is 1.87 bits per heavy atom. The third kappa shape index (κ3) is 4.39. The second kappa shape index (κ2) is 7.38. The van der Waals surface area contributed by atoms with Crippen LogP contribution >= 0.6 is 11.6 Å². The van der Waals surface area contributed by atoms with Crippen LogP contribution in [-0.2, 0) is 17.6 Å². The largest absolute Gasteiger partial charge is 0.454 e. The molecule has 0 atom stereocenters. The van der Waals surface area contributed by atoms with Crippen LogP contribution in [0.15, 0.2) is 42.5 Å². The molecule has 3 rings (SSSR count). The van der Waals surface area contributed by atoms with Crippen LogP contribution in [0.4, 0.5) is 0 Å². The van der Waals surface area contributed by atoms with Crippen molar-refractivity contribution < 1.29 is 14.3 Å². The SMILES string of the molecule is O=C(CCc1ccc2c(c1)OCO2)NCCc1cccc(Cl)c1. The molecular formula is C18H18ClNO3. The number of hydrogen-bond donors (Lipinski definition) is 1. The molecule has 0 aliphatic carbocycles. The molecule has 0 bridgehead atoms. The number of ether oxygens (including phenoxy) is 2. The Hall–Kier alpha value is -2.20. The summed E-state index contributed by atoms with van der Waals surface area (Å²) in [6, 6.07) is 13.5. The van der Waals surface area contributed by atoms with Crippen LogP contribution in [0.5, 0.6) is 11.5 Å². The fourth-order valence-electron chi connectivity index (χ4n) is 2.48. The number of aryl methyl sites for hydroxylation is 1. The van der Waals surface area contributed by atoms with Gasteiger partial charge in [0, 0.05) is 18.0 Å². The third-order valence-electron chi connectivity index (χ3n) is 3.70. The fraction of sp³-hybridized carbons (Fsp3) is 0.278. The van der Waals surface area contributed by atoms with E-state index in [1.807, 2.05) is 42.5 Å². The van der Waals surface area contributed by atoms with Gasteiger partial charge < -0.3 is 14.8 Å². The highest BCUT2D eigenvalue weighted by molar-refractivity contribution is 6.30. The highest BCUT2D eigenvalue weighted by Gasteiger charge is 2.13. The quantitative estimate of drug-likeness (QED) is 0.883. The van der Waals surface area contributed by atoms with Gasteiger partial charge in [-0.15, -0.1) is 0 Å². The van der Waals surface area contributed by atoms with Gasteiger partial charge in [0.2, 0.25) is 12.7 Å². The van der Waals surface area contributed by atoms with E-state index in [1.54, 1.807) is 0 Å². The van der Waals surface area contributed by atoms with Crippen molar-refractivity contribution in [1.29, 1.82) is 0 Å². The van der Waals surface area contributed by atoms with Gasteiger partial charge in [-0.25, -0.2) is 0 Å². The number of hydrogen-bond acceptors (Lipinski definition) is 3. The molecule has 0 saturated heterocycles. The molecule has 1 aliphatic heterocycles. The zero-order valence-electron chi connectivity index (χ0n) is 12.7. The Kier molecular flexibility index (Phi) is 5.03. The first-order chi connectivity index (χ1) is 11.2. The van der Waals surface area contributed by atoms with Crippen molar-refractivity contribution in [3.8, 4) is 11.5 Å². The Bertz CT molecular complexity index is 702. The molecule has 0 unspecified atom stereocenters. The molecule has 0 aromatic heterocycles. The number of benzene rings is 2. The number of carbonyl (C=O) groups is 1. The van der Waals surface area contributed by atoms with Gasteiger partial charge in [-0.05, 0) is 48.2 Å². The Labute approximate surface area is 140 Å². The Morgan fingerprint density at radius 3 is 2.74 bits per heavy atom. The lowest BCUT2D eigenvalue weighted by Crippen LogP contribution is -2.25. The second-order valence-electron chi connectivity index (χ2n) is 5.42. The highest BCUT2D eigenvalue weighted by Crippen LogP contribution is 2.32. The molecule has 1 heterocycles. The zero-order valence-corrected chi connectivity index (χ0v) is 13.4. The molecule has 120 valence electrons. The summed E-state index contributed by atoms with van der Waals surface area (Å²) in [5, 5.41) is 3.65. The Balaban J connectivity index is 1.41. The summed E-state index contributed by atoms with van der Waals surface area (Å²) < 4.78 is 10.6. The molecular weight excluding hydrogens is 314 g/mol. The maximum Gasteiger partial charge on any atom is 0.231 e. The second-order valence-corrected chi connectivity index (χ2v) is 5.85. The molecule has 0 saturated carbocycles. The molecule has 4 nitrogen and oxygen atoms in total. The van der Waals surface area contributed by atoms with Crippen molar-refractivity contribution in [2.45, 2.75) is 19.3 Å². The lowest BCUT2D eigenvalue weighted by Gasteiger charge is -2.06. The lowest BCUT2D eigenvalue weighted by molar-refractivity contribution is -0.121. The van der Waals surface area contributed by atoms with E-state index >= 15 is 0 Å². The summed E-state index contributed by atoms with van der Waals surface area (Å²) >= 11 is 5.94. The smallest absolute Gasteiger partial charge is 0.231 e. The Morgan fingerprint density at radius 1 is 1.04 bits per heavy atom. The van der Waals surface area contributed by atoms with Crippen molar-refractivity contribution in [2.75, 3.05) is 13.3 Å². The number of halogens is 1. The van der Waals surface area contributed by atoms with Crippen LogP contribution in [0.3, 0.4) is 0 Å². The summed E-state index contributed by atoms with van der Waals surface area (Å²) in [6.45, 7) is 0.878. The van der Waals surface area contributed by atoms with E-state index in [0.717, 1.165) is 34.1 Å². The van der Waals surface area contributed by atoms with Crippen LogP contribution in [0.2, 0.25) is 5.02 Å². The van der Waals surface area contributed by atoms with Gasteiger partial charge in [-0.2, -0.15) is 0 Å². The minimum absolute atomic E-state index is 0.0460. The molecule has 23 heavy (non-hydrogen) atoms. The first-order valence-electron chi connectivity index (χ1n) is 7.60. The van der Waals surface area contributed by atoms with E-state index < -0.39 is 0 Å². The average Bonchev–Trinajstić information content (AvgIpc) is 3.00. The summed E-state index contributed by atoms with van der Waals surface area (Å²) in [4.78, 5) is 11.9. The monoisotopic (exact) mass is 331 g/mol. The zero-order chi connectivity index (χ0) is 16.1. The van der Waals surface area contributed by atoms with Crippen molar-refractivity contribution in [1.82, 2.24) is 5.32 Å². The molecule has 5 heteroatoms. The molecule has 0 fully saturated rings. The normalized spacial score (nSPS) is 12.2. The highest BCUT2D eigenvalue weighted by atomic mass is 35.5. The number of nitrogens with one attached hydrogen (secondary N) is 1. The summed E-state index contributed by atoms with van der Waals surface area (Å²) in [7, 11) is 0. The minimum atomic E-state index is 0.0460. The summed E-state index contributed by atoms with van der Waals surface area (Å²) in [6.07, 6.45) is 1.91. The molecule has 1 amide bonds. The molecule has 2 aromatic carbocycles. The number of rotatable bonds is 6. The number of amides is 1. The topological polar surface area (TPSA) is 47.6 Å². The average molecular weight is 332 g/mol. The lowest BCUT2D eigenvalue weighted by atomic mass is 10.1. The molecule has 1 N–H and O–H groups in total. The predicted molar refractivity (Wildman–Crippen MR) is 89.1 cm³/mol. The summed E-state index contributed by atoms with van der Waals surface area (Å²) in [5.41, 5.74) is 2.19. The van der Waals surface area contributed by atoms with Gasteiger partial charge in [0.15, 0.2) is 11.5 Å². The van der Waals surface area contributed by atoms with Gasteiger partial charge in [-0.1, -0.05) is 29.8 Å². The van der Waals surface area contributed by atoms with Crippen LogP contribution < -0.4 is 14.8 Å².